The minimum absolute atomic E-state index is 0.653. The summed E-state index contributed by atoms with van der Waals surface area (Å²) in [5, 5.41) is 3.96. The third-order valence-corrected chi connectivity index (χ3v) is 2.75. The van der Waals surface area contributed by atoms with Gasteiger partial charge in [-0.2, -0.15) is 0 Å². The van der Waals surface area contributed by atoms with Crippen LogP contribution in [0.15, 0.2) is 30.5 Å². The molecule has 5 heteroatoms. The second-order valence-electron chi connectivity index (χ2n) is 4.03. The predicted octanol–water partition coefficient (Wildman–Crippen LogP) is 3.23. The Labute approximate surface area is 112 Å². The Morgan fingerprint density at radius 2 is 2.28 bits per heavy atom. The van der Waals surface area contributed by atoms with Crippen LogP contribution in [0.1, 0.15) is 5.69 Å². The third kappa shape index (κ3) is 3.24. The van der Waals surface area contributed by atoms with Gasteiger partial charge in [-0.1, -0.05) is 17.7 Å². The summed E-state index contributed by atoms with van der Waals surface area (Å²) in [5.41, 5.74) is 1.89. The number of methoxy groups -OCH3 is 1. The number of imidazole rings is 1. The highest BCUT2D eigenvalue weighted by molar-refractivity contribution is 6.30. The molecule has 2 rings (SSSR count). The van der Waals surface area contributed by atoms with Crippen LogP contribution in [-0.4, -0.2) is 23.3 Å². The van der Waals surface area contributed by atoms with Crippen molar-refractivity contribution >= 4 is 23.2 Å². The first-order valence-corrected chi connectivity index (χ1v) is 6.12. The van der Waals surface area contributed by atoms with Crippen LogP contribution >= 0.6 is 11.6 Å². The van der Waals surface area contributed by atoms with Crippen LogP contribution in [0.3, 0.4) is 0 Å². The van der Waals surface area contributed by atoms with Crippen LogP contribution in [0.5, 0.6) is 0 Å². The van der Waals surface area contributed by atoms with Crippen LogP contribution in [0.25, 0.3) is 0 Å². The molecule has 0 radical (unpaired) electrons. The van der Waals surface area contributed by atoms with Gasteiger partial charge in [0, 0.05) is 30.6 Å². The Balaban J connectivity index is 2.17. The number of anilines is 2. The van der Waals surface area contributed by atoms with Gasteiger partial charge >= 0.3 is 0 Å². The molecule has 0 aliphatic rings. The van der Waals surface area contributed by atoms with Crippen molar-refractivity contribution in [2.24, 2.45) is 0 Å². The first-order chi connectivity index (χ1) is 8.69. The maximum absolute atomic E-state index is 5.95. The van der Waals surface area contributed by atoms with Gasteiger partial charge in [0.1, 0.15) is 0 Å². The van der Waals surface area contributed by atoms with Crippen molar-refractivity contribution in [3.63, 3.8) is 0 Å². The largest absolute Gasteiger partial charge is 0.383 e. The molecule has 0 unspecified atom stereocenters. The van der Waals surface area contributed by atoms with Gasteiger partial charge in [-0.3, -0.25) is 0 Å². The molecular weight excluding hydrogens is 250 g/mol. The van der Waals surface area contributed by atoms with Crippen molar-refractivity contribution in [1.82, 2.24) is 9.55 Å². The summed E-state index contributed by atoms with van der Waals surface area (Å²) in [6.07, 6.45) is 1.99. The van der Waals surface area contributed by atoms with Gasteiger partial charge in [0.2, 0.25) is 5.95 Å². The summed E-state index contributed by atoms with van der Waals surface area (Å²) in [7, 11) is 1.69. The minimum Gasteiger partial charge on any atom is -0.383 e. The summed E-state index contributed by atoms with van der Waals surface area (Å²) < 4.78 is 7.11. The van der Waals surface area contributed by atoms with E-state index in [0.29, 0.717) is 11.6 Å². The molecule has 1 N–H and O–H groups in total. The second kappa shape index (κ2) is 5.89. The summed E-state index contributed by atoms with van der Waals surface area (Å²) in [6, 6.07) is 7.57. The number of aryl methyl sites for hydroxylation is 1. The van der Waals surface area contributed by atoms with E-state index in [4.69, 9.17) is 16.3 Å². The lowest BCUT2D eigenvalue weighted by Gasteiger charge is -2.09. The third-order valence-electron chi connectivity index (χ3n) is 2.51. The van der Waals surface area contributed by atoms with Crippen molar-refractivity contribution in [2.45, 2.75) is 13.5 Å². The van der Waals surface area contributed by atoms with Gasteiger partial charge in [-0.05, 0) is 25.1 Å². The molecule has 0 bridgehead atoms. The van der Waals surface area contributed by atoms with Crippen molar-refractivity contribution in [1.29, 1.82) is 0 Å². The average molecular weight is 266 g/mol. The lowest BCUT2D eigenvalue weighted by molar-refractivity contribution is 0.188. The molecule has 0 aliphatic heterocycles. The number of ether oxygens (including phenoxy) is 1. The number of hydrogen-bond donors (Lipinski definition) is 1. The Kier molecular flexibility index (Phi) is 4.23. The number of nitrogens with zero attached hydrogens (tertiary/aromatic N) is 2. The summed E-state index contributed by atoms with van der Waals surface area (Å²) in [5.74, 6) is 0.798. The fourth-order valence-corrected chi connectivity index (χ4v) is 1.89. The molecule has 18 heavy (non-hydrogen) atoms. The molecule has 0 saturated carbocycles. The van der Waals surface area contributed by atoms with E-state index < -0.39 is 0 Å². The van der Waals surface area contributed by atoms with Gasteiger partial charge in [0.15, 0.2) is 0 Å². The topological polar surface area (TPSA) is 39.1 Å². The van der Waals surface area contributed by atoms with E-state index in [1.165, 1.54) is 0 Å². The van der Waals surface area contributed by atoms with Crippen molar-refractivity contribution in [3.05, 3.63) is 41.2 Å². The van der Waals surface area contributed by atoms with Crippen molar-refractivity contribution in [2.75, 3.05) is 19.0 Å². The Morgan fingerprint density at radius 1 is 1.44 bits per heavy atom. The molecule has 1 heterocycles. The number of rotatable bonds is 5. The lowest BCUT2D eigenvalue weighted by Crippen LogP contribution is -2.07. The highest BCUT2D eigenvalue weighted by atomic mass is 35.5. The van der Waals surface area contributed by atoms with E-state index in [2.05, 4.69) is 10.3 Å². The van der Waals surface area contributed by atoms with Crippen molar-refractivity contribution < 1.29 is 4.74 Å². The molecule has 4 nitrogen and oxygen atoms in total. The Morgan fingerprint density at radius 3 is 3.00 bits per heavy atom. The number of aromatic nitrogens is 2. The molecule has 96 valence electrons. The van der Waals surface area contributed by atoms with Crippen LogP contribution < -0.4 is 5.32 Å². The van der Waals surface area contributed by atoms with E-state index in [-0.39, 0.29) is 0 Å². The summed E-state index contributed by atoms with van der Waals surface area (Å²) >= 11 is 5.95. The molecule has 2 aromatic rings. The highest BCUT2D eigenvalue weighted by Gasteiger charge is 2.05. The van der Waals surface area contributed by atoms with Crippen LogP contribution in [0, 0.1) is 6.92 Å². The standard InChI is InChI=1S/C13H16ClN3O/c1-10-9-17(6-7-18-2)13(15-10)16-12-5-3-4-11(14)8-12/h3-5,8-9H,6-7H2,1-2H3,(H,15,16). The summed E-state index contributed by atoms with van der Waals surface area (Å²) in [6.45, 7) is 3.38. The van der Waals surface area contributed by atoms with Crippen LogP contribution in [0.2, 0.25) is 5.02 Å². The zero-order valence-corrected chi connectivity index (χ0v) is 11.2. The fraction of sp³-hybridized carbons (Fsp3) is 0.308. The maximum atomic E-state index is 5.95. The van der Waals surface area contributed by atoms with E-state index >= 15 is 0 Å². The maximum Gasteiger partial charge on any atom is 0.207 e. The molecule has 0 saturated heterocycles. The predicted molar refractivity (Wildman–Crippen MR) is 73.6 cm³/mol. The van der Waals surface area contributed by atoms with Gasteiger partial charge in [-0.25, -0.2) is 4.98 Å². The molecule has 1 aromatic carbocycles. The van der Waals surface area contributed by atoms with E-state index in [1.807, 2.05) is 42.0 Å². The van der Waals surface area contributed by atoms with Crippen LogP contribution in [-0.2, 0) is 11.3 Å². The van der Waals surface area contributed by atoms with E-state index in [9.17, 15) is 0 Å². The highest BCUT2D eigenvalue weighted by Crippen LogP contribution is 2.19. The lowest BCUT2D eigenvalue weighted by atomic mass is 10.3. The Hall–Kier alpha value is -1.52. The number of hydrogen-bond acceptors (Lipinski definition) is 3. The Bertz CT molecular complexity index is 525. The zero-order chi connectivity index (χ0) is 13.0. The van der Waals surface area contributed by atoms with Gasteiger partial charge in [0.05, 0.1) is 12.3 Å². The normalized spacial score (nSPS) is 10.6. The molecule has 1 aromatic heterocycles. The fourth-order valence-electron chi connectivity index (χ4n) is 1.70. The molecular formula is C13H16ClN3O. The smallest absolute Gasteiger partial charge is 0.207 e. The first-order valence-electron chi connectivity index (χ1n) is 5.74. The molecule has 0 spiro atoms. The number of benzene rings is 1. The number of halogens is 1. The average Bonchev–Trinajstić information content (AvgIpc) is 2.67. The molecule has 0 fully saturated rings. The number of nitrogens with one attached hydrogen (secondary N) is 1. The van der Waals surface area contributed by atoms with Gasteiger partial charge in [-0.15, -0.1) is 0 Å². The molecule has 0 aliphatic carbocycles. The van der Waals surface area contributed by atoms with E-state index in [1.54, 1.807) is 7.11 Å². The monoisotopic (exact) mass is 265 g/mol. The molecule has 0 amide bonds. The van der Waals surface area contributed by atoms with Gasteiger partial charge < -0.3 is 14.6 Å². The first kappa shape index (κ1) is 12.9. The molecule has 0 atom stereocenters. The second-order valence-corrected chi connectivity index (χ2v) is 4.46. The minimum atomic E-state index is 0.653. The quantitative estimate of drug-likeness (QED) is 0.902. The summed E-state index contributed by atoms with van der Waals surface area (Å²) in [4.78, 5) is 4.44. The zero-order valence-electron chi connectivity index (χ0n) is 10.5. The SMILES string of the molecule is COCCn1cc(C)nc1Nc1cccc(Cl)c1. The van der Waals surface area contributed by atoms with Gasteiger partial charge in [0.25, 0.3) is 0 Å². The van der Waals surface area contributed by atoms with E-state index in [0.717, 1.165) is 23.9 Å². The van der Waals surface area contributed by atoms with Crippen molar-refractivity contribution in [3.8, 4) is 0 Å². The van der Waals surface area contributed by atoms with Crippen LogP contribution in [0.4, 0.5) is 11.6 Å².